The fourth-order valence-corrected chi connectivity index (χ4v) is 1.94. The molecule has 3 nitrogen and oxygen atoms in total. The largest absolute Gasteiger partial charge is 0.335 e. The van der Waals surface area contributed by atoms with E-state index in [4.69, 9.17) is 0 Å². The van der Waals surface area contributed by atoms with Gasteiger partial charge in [0, 0.05) is 18.9 Å². The molecule has 0 fully saturated rings. The third kappa shape index (κ3) is 3.02. The smallest absolute Gasteiger partial charge is 0.255 e. The SMILES string of the molecule is Cc1ccc(C(=O)N(C)C(C)c2ccc(F)cc2)cn1. The highest BCUT2D eigenvalue weighted by Gasteiger charge is 2.19. The quantitative estimate of drug-likeness (QED) is 0.858. The Hall–Kier alpha value is -2.23. The molecule has 0 aliphatic carbocycles. The Balaban J connectivity index is 2.17. The predicted molar refractivity (Wildman–Crippen MR) is 75.9 cm³/mol. The lowest BCUT2D eigenvalue weighted by Crippen LogP contribution is -2.29. The number of carbonyl (C=O) groups excluding carboxylic acids is 1. The van der Waals surface area contributed by atoms with Gasteiger partial charge in [-0.2, -0.15) is 0 Å². The molecule has 0 spiro atoms. The minimum absolute atomic E-state index is 0.102. The first kappa shape index (κ1) is 14.2. The number of aryl methyl sites for hydroxylation is 1. The van der Waals surface area contributed by atoms with Crippen molar-refractivity contribution < 1.29 is 9.18 Å². The fourth-order valence-electron chi connectivity index (χ4n) is 1.94. The number of carbonyl (C=O) groups is 1. The minimum atomic E-state index is -0.280. The minimum Gasteiger partial charge on any atom is -0.335 e. The van der Waals surface area contributed by atoms with Crippen molar-refractivity contribution in [2.45, 2.75) is 19.9 Å². The van der Waals surface area contributed by atoms with Crippen LogP contribution in [0.15, 0.2) is 42.6 Å². The van der Waals surface area contributed by atoms with E-state index in [-0.39, 0.29) is 17.8 Å². The lowest BCUT2D eigenvalue weighted by atomic mass is 10.1. The first-order chi connectivity index (χ1) is 9.49. The molecule has 20 heavy (non-hydrogen) atoms. The van der Waals surface area contributed by atoms with Crippen molar-refractivity contribution >= 4 is 5.91 Å². The molecule has 0 aliphatic rings. The van der Waals surface area contributed by atoms with Gasteiger partial charge in [-0.15, -0.1) is 0 Å². The summed E-state index contributed by atoms with van der Waals surface area (Å²) in [4.78, 5) is 18.1. The average Bonchev–Trinajstić information content (AvgIpc) is 2.46. The molecule has 0 aliphatic heterocycles. The molecule has 1 unspecified atom stereocenters. The first-order valence-electron chi connectivity index (χ1n) is 6.44. The second-order valence-corrected chi connectivity index (χ2v) is 4.83. The molecule has 0 radical (unpaired) electrons. The molecule has 4 heteroatoms. The van der Waals surface area contributed by atoms with Gasteiger partial charge in [0.25, 0.3) is 5.91 Å². The van der Waals surface area contributed by atoms with Crippen molar-refractivity contribution in [3.05, 3.63) is 65.2 Å². The summed E-state index contributed by atoms with van der Waals surface area (Å²) in [6, 6.07) is 9.62. The van der Waals surface area contributed by atoms with Gasteiger partial charge in [-0.25, -0.2) is 4.39 Å². The Morgan fingerprint density at radius 2 is 1.85 bits per heavy atom. The lowest BCUT2D eigenvalue weighted by Gasteiger charge is -2.25. The van der Waals surface area contributed by atoms with Crippen LogP contribution in [0, 0.1) is 12.7 Å². The Morgan fingerprint density at radius 1 is 1.20 bits per heavy atom. The number of pyridine rings is 1. The normalized spacial score (nSPS) is 12.0. The standard InChI is InChI=1S/C16H17FN2O/c1-11-4-5-14(10-18-11)16(20)19(3)12(2)13-6-8-15(17)9-7-13/h4-10,12H,1-3H3. The maximum atomic E-state index is 12.9. The van der Waals surface area contributed by atoms with Crippen molar-refractivity contribution in [2.24, 2.45) is 0 Å². The number of hydrogen-bond donors (Lipinski definition) is 0. The zero-order valence-corrected chi connectivity index (χ0v) is 11.8. The molecule has 104 valence electrons. The summed E-state index contributed by atoms with van der Waals surface area (Å²) >= 11 is 0. The molecular weight excluding hydrogens is 255 g/mol. The molecule has 2 aromatic rings. The Kier molecular flexibility index (Phi) is 4.13. The molecule has 0 saturated heterocycles. The number of halogens is 1. The van der Waals surface area contributed by atoms with Crippen LogP contribution in [-0.2, 0) is 0 Å². The molecule has 2 rings (SSSR count). The molecule has 1 heterocycles. The number of benzene rings is 1. The fraction of sp³-hybridized carbons (Fsp3) is 0.250. The molecule has 1 atom stereocenters. The van der Waals surface area contributed by atoms with E-state index in [1.54, 1.807) is 36.3 Å². The van der Waals surface area contributed by atoms with Gasteiger partial charge in [0.1, 0.15) is 5.82 Å². The zero-order chi connectivity index (χ0) is 14.7. The highest BCUT2D eigenvalue weighted by atomic mass is 19.1. The van der Waals surface area contributed by atoms with E-state index in [2.05, 4.69) is 4.98 Å². The van der Waals surface area contributed by atoms with E-state index in [9.17, 15) is 9.18 Å². The van der Waals surface area contributed by atoms with E-state index in [0.29, 0.717) is 5.56 Å². The third-order valence-corrected chi connectivity index (χ3v) is 3.41. The number of nitrogens with zero attached hydrogens (tertiary/aromatic N) is 2. The average molecular weight is 272 g/mol. The van der Waals surface area contributed by atoms with Crippen LogP contribution in [0.3, 0.4) is 0 Å². The van der Waals surface area contributed by atoms with E-state index < -0.39 is 0 Å². The highest BCUT2D eigenvalue weighted by molar-refractivity contribution is 5.94. The first-order valence-corrected chi connectivity index (χ1v) is 6.44. The van der Waals surface area contributed by atoms with Crippen molar-refractivity contribution in [3.8, 4) is 0 Å². The third-order valence-electron chi connectivity index (χ3n) is 3.41. The van der Waals surface area contributed by atoms with Gasteiger partial charge < -0.3 is 4.90 Å². The molecule has 1 amide bonds. The van der Waals surface area contributed by atoms with Crippen LogP contribution in [0.25, 0.3) is 0 Å². The van der Waals surface area contributed by atoms with Gasteiger partial charge in [-0.3, -0.25) is 9.78 Å². The van der Waals surface area contributed by atoms with Crippen LogP contribution in [0.1, 0.15) is 34.6 Å². The summed E-state index contributed by atoms with van der Waals surface area (Å²) in [5, 5.41) is 0. The van der Waals surface area contributed by atoms with Crippen LogP contribution >= 0.6 is 0 Å². The summed E-state index contributed by atoms with van der Waals surface area (Å²) in [5.74, 6) is -0.382. The number of amides is 1. The van der Waals surface area contributed by atoms with Crippen LogP contribution < -0.4 is 0 Å². The molecule has 0 bridgehead atoms. The zero-order valence-electron chi connectivity index (χ0n) is 11.8. The van der Waals surface area contributed by atoms with Crippen molar-refractivity contribution in [1.82, 2.24) is 9.88 Å². The van der Waals surface area contributed by atoms with Gasteiger partial charge in [-0.05, 0) is 43.7 Å². The maximum absolute atomic E-state index is 12.9. The highest BCUT2D eigenvalue weighted by Crippen LogP contribution is 2.20. The summed E-state index contributed by atoms with van der Waals surface area (Å²) in [6.07, 6.45) is 1.57. The Morgan fingerprint density at radius 3 is 2.40 bits per heavy atom. The molecule has 0 saturated carbocycles. The summed E-state index contributed by atoms with van der Waals surface area (Å²) in [7, 11) is 1.73. The summed E-state index contributed by atoms with van der Waals surface area (Å²) < 4.78 is 12.9. The van der Waals surface area contributed by atoms with Gasteiger partial charge in [-0.1, -0.05) is 12.1 Å². The van der Waals surface area contributed by atoms with Gasteiger partial charge in [0.2, 0.25) is 0 Å². The maximum Gasteiger partial charge on any atom is 0.255 e. The van der Waals surface area contributed by atoms with E-state index in [1.807, 2.05) is 19.9 Å². The summed E-state index contributed by atoms with van der Waals surface area (Å²) in [6.45, 7) is 3.78. The van der Waals surface area contributed by atoms with Crippen LogP contribution in [0.5, 0.6) is 0 Å². The summed E-state index contributed by atoms with van der Waals surface area (Å²) in [5.41, 5.74) is 2.31. The second kappa shape index (κ2) is 5.82. The van der Waals surface area contributed by atoms with E-state index in [0.717, 1.165) is 11.3 Å². The Bertz CT molecular complexity index is 593. The van der Waals surface area contributed by atoms with Crippen LogP contribution in [-0.4, -0.2) is 22.8 Å². The number of rotatable bonds is 3. The van der Waals surface area contributed by atoms with Gasteiger partial charge >= 0.3 is 0 Å². The predicted octanol–water partition coefficient (Wildman–Crippen LogP) is 3.36. The van der Waals surface area contributed by atoms with E-state index in [1.165, 1.54) is 12.1 Å². The van der Waals surface area contributed by atoms with Crippen molar-refractivity contribution in [1.29, 1.82) is 0 Å². The van der Waals surface area contributed by atoms with Crippen molar-refractivity contribution in [3.63, 3.8) is 0 Å². The van der Waals surface area contributed by atoms with E-state index >= 15 is 0 Å². The Labute approximate surface area is 118 Å². The second-order valence-electron chi connectivity index (χ2n) is 4.83. The van der Waals surface area contributed by atoms with Crippen molar-refractivity contribution in [2.75, 3.05) is 7.05 Å². The van der Waals surface area contributed by atoms with Crippen LogP contribution in [0.2, 0.25) is 0 Å². The van der Waals surface area contributed by atoms with Gasteiger partial charge in [0.05, 0.1) is 11.6 Å². The molecule has 1 aromatic carbocycles. The molecule has 1 aromatic heterocycles. The monoisotopic (exact) mass is 272 g/mol. The number of aromatic nitrogens is 1. The molecular formula is C16H17FN2O. The topological polar surface area (TPSA) is 33.2 Å². The lowest BCUT2D eigenvalue weighted by molar-refractivity contribution is 0.0742. The number of hydrogen-bond acceptors (Lipinski definition) is 2. The van der Waals surface area contributed by atoms with Crippen LogP contribution in [0.4, 0.5) is 4.39 Å². The van der Waals surface area contributed by atoms with Gasteiger partial charge in [0.15, 0.2) is 0 Å². The molecule has 0 N–H and O–H groups in total.